The molecule has 0 aromatic heterocycles. The molecule has 134 valence electrons. The van der Waals surface area contributed by atoms with Crippen LogP contribution in [0.1, 0.15) is 58.8 Å². The zero-order chi connectivity index (χ0) is 16.7. The summed E-state index contributed by atoms with van der Waals surface area (Å²) in [5.41, 5.74) is 0. The molecule has 23 heavy (non-hydrogen) atoms. The Morgan fingerprint density at radius 2 is 1.74 bits per heavy atom. The Kier molecular flexibility index (Phi) is 7.80. The van der Waals surface area contributed by atoms with Gasteiger partial charge in [0.25, 0.3) is 5.91 Å². The summed E-state index contributed by atoms with van der Waals surface area (Å²) in [4.78, 5) is 17.0. The lowest BCUT2D eigenvalue weighted by atomic mass is 9.97. The predicted octanol–water partition coefficient (Wildman–Crippen LogP) is 2.03. The molecular weight excluding hydrogens is 292 g/mol. The lowest BCUT2D eigenvalue weighted by Gasteiger charge is -2.39. The molecule has 0 aromatic rings. The average Bonchev–Trinajstić information content (AvgIpc) is 2.61. The van der Waals surface area contributed by atoms with Crippen molar-refractivity contribution in [2.24, 2.45) is 0 Å². The lowest BCUT2D eigenvalue weighted by molar-refractivity contribution is -0.151. The number of amides is 1. The highest BCUT2D eigenvalue weighted by Gasteiger charge is 2.30. The van der Waals surface area contributed by atoms with Crippen LogP contribution in [-0.2, 0) is 9.53 Å². The van der Waals surface area contributed by atoms with Gasteiger partial charge in [-0.25, -0.2) is 0 Å². The number of ether oxygens (including phenoxy) is 1. The normalized spacial score (nSPS) is 23.7. The minimum Gasteiger partial charge on any atom is -0.395 e. The molecule has 2 aliphatic rings. The van der Waals surface area contributed by atoms with Crippen molar-refractivity contribution >= 4 is 5.91 Å². The van der Waals surface area contributed by atoms with E-state index in [1.54, 1.807) is 0 Å². The number of hydrogen-bond acceptors (Lipinski definition) is 4. The van der Waals surface area contributed by atoms with Gasteiger partial charge in [-0.3, -0.25) is 9.69 Å². The smallest absolute Gasteiger partial charge is 0.251 e. The van der Waals surface area contributed by atoms with Gasteiger partial charge >= 0.3 is 0 Å². The van der Waals surface area contributed by atoms with E-state index in [9.17, 15) is 9.90 Å². The summed E-state index contributed by atoms with van der Waals surface area (Å²) in [6, 6.07) is 0.229. The molecule has 2 rings (SSSR count). The van der Waals surface area contributed by atoms with Gasteiger partial charge in [0, 0.05) is 32.2 Å². The van der Waals surface area contributed by atoms with Gasteiger partial charge in [-0.2, -0.15) is 0 Å². The number of aliphatic hydroxyl groups excluding tert-OH is 1. The third kappa shape index (κ3) is 5.16. The molecule has 0 spiro atoms. The van der Waals surface area contributed by atoms with Crippen molar-refractivity contribution in [2.45, 2.75) is 77.0 Å². The van der Waals surface area contributed by atoms with Crippen molar-refractivity contribution < 1.29 is 14.6 Å². The number of carbonyl (C=O) groups excluding carboxylic acids is 1. The Labute approximate surface area is 141 Å². The molecule has 2 unspecified atom stereocenters. The second-order valence-electron chi connectivity index (χ2n) is 6.90. The molecule has 5 nitrogen and oxygen atoms in total. The summed E-state index contributed by atoms with van der Waals surface area (Å²) in [5.74, 6) is 0.162. The van der Waals surface area contributed by atoms with Gasteiger partial charge in [-0.15, -0.1) is 0 Å². The van der Waals surface area contributed by atoms with Crippen LogP contribution in [0, 0.1) is 0 Å². The van der Waals surface area contributed by atoms with E-state index in [0.717, 1.165) is 51.9 Å². The van der Waals surface area contributed by atoms with Gasteiger partial charge in [0.1, 0.15) is 6.10 Å². The largest absolute Gasteiger partial charge is 0.395 e. The van der Waals surface area contributed by atoms with Crippen LogP contribution in [0.5, 0.6) is 0 Å². The fraction of sp³-hybridized carbons (Fsp3) is 0.944. The summed E-state index contributed by atoms with van der Waals surface area (Å²) in [7, 11) is 0. The first kappa shape index (κ1) is 18.7. The van der Waals surface area contributed by atoms with E-state index in [0.29, 0.717) is 0 Å². The third-order valence-electron chi connectivity index (χ3n) is 5.38. The molecule has 1 N–H and O–H groups in total. The topological polar surface area (TPSA) is 53.0 Å². The molecule has 0 bridgehead atoms. The molecular formula is C18H34N2O3. The number of rotatable bonds is 7. The highest BCUT2D eigenvalue weighted by molar-refractivity contribution is 5.81. The molecule has 0 radical (unpaired) electrons. The summed E-state index contributed by atoms with van der Waals surface area (Å²) in [6.07, 6.45) is 7.67. The Balaban J connectivity index is 1.82. The molecule has 2 atom stereocenters. The van der Waals surface area contributed by atoms with Crippen LogP contribution in [0.4, 0.5) is 0 Å². The van der Waals surface area contributed by atoms with Crippen molar-refractivity contribution in [2.75, 3.05) is 32.8 Å². The molecule has 1 aliphatic carbocycles. The second-order valence-corrected chi connectivity index (χ2v) is 6.90. The van der Waals surface area contributed by atoms with Crippen LogP contribution in [0.2, 0.25) is 0 Å². The van der Waals surface area contributed by atoms with Gasteiger partial charge < -0.3 is 14.7 Å². The maximum atomic E-state index is 12.8. The zero-order valence-electron chi connectivity index (χ0n) is 14.9. The Morgan fingerprint density at radius 3 is 2.26 bits per heavy atom. The average molecular weight is 326 g/mol. The molecule has 1 heterocycles. The van der Waals surface area contributed by atoms with Crippen LogP contribution in [-0.4, -0.2) is 71.8 Å². The molecule has 2 fully saturated rings. The summed E-state index contributed by atoms with van der Waals surface area (Å²) in [6.45, 7) is 7.55. The molecule has 1 amide bonds. The molecule has 1 aliphatic heterocycles. The lowest BCUT2D eigenvalue weighted by Crippen LogP contribution is -2.55. The first-order valence-electron chi connectivity index (χ1n) is 9.48. The highest BCUT2D eigenvalue weighted by atomic mass is 16.5. The van der Waals surface area contributed by atoms with Crippen LogP contribution in [0.25, 0.3) is 0 Å². The Bertz CT molecular complexity index is 346. The van der Waals surface area contributed by atoms with Gasteiger partial charge in [0.15, 0.2) is 0 Å². The van der Waals surface area contributed by atoms with Crippen molar-refractivity contribution in [3.63, 3.8) is 0 Å². The van der Waals surface area contributed by atoms with E-state index in [2.05, 4.69) is 11.8 Å². The van der Waals surface area contributed by atoms with Crippen molar-refractivity contribution in [3.05, 3.63) is 0 Å². The van der Waals surface area contributed by atoms with Crippen LogP contribution >= 0.6 is 0 Å². The molecule has 0 aromatic carbocycles. The SMILES string of the molecule is CCC(OC1CCCCC1)C(=O)N1CCN(C(CC)CO)CC1. The van der Waals surface area contributed by atoms with E-state index in [-0.39, 0.29) is 30.8 Å². The fourth-order valence-electron chi connectivity index (χ4n) is 3.78. The van der Waals surface area contributed by atoms with E-state index < -0.39 is 0 Å². The first-order chi connectivity index (χ1) is 11.2. The van der Waals surface area contributed by atoms with Gasteiger partial charge in [-0.05, 0) is 25.7 Å². The van der Waals surface area contributed by atoms with E-state index >= 15 is 0 Å². The van der Waals surface area contributed by atoms with Gasteiger partial charge in [0.05, 0.1) is 12.7 Å². The molecule has 5 heteroatoms. The standard InChI is InChI=1S/C18H34N2O3/c1-3-15(14-21)19-10-12-20(13-11-19)18(22)17(4-2)23-16-8-6-5-7-9-16/h15-17,21H,3-14H2,1-2H3. The zero-order valence-corrected chi connectivity index (χ0v) is 14.9. The summed E-state index contributed by atoms with van der Waals surface area (Å²) >= 11 is 0. The number of hydrogen-bond donors (Lipinski definition) is 1. The highest BCUT2D eigenvalue weighted by Crippen LogP contribution is 2.23. The number of nitrogens with zero attached hydrogens (tertiary/aromatic N) is 2. The van der Waals surface area contributed by atoms with E-state index in [1.165, 1.54) is 19.3 Å². The number of carbonyl (C=O) groups is 1. The second kappa shape index (κ2) is 9.60. The predicted molar refractivity (Wildman–Crippen MR) is 91.4 cm³/mol. The number of aliphatic hydroxyl groups is 1. The van der Waals surface area contributed by atoms with Crippen molar-refractivity contribution in [1.29, 1.82) is 0 Å². The van der Waals surface area contributed by atoms with Crippen LogP contribution in [0.3, 0.4) is 0 Å². The monoisotopic (exact) mass is 326 g/mol. The quantitative estimate of drug-likeness (QED) is 0.778. The maximum Gasteiger partial charge on any atom is 0.251 e. The molecule has 1 saturated heterocycles. The maximum absolute atomic E-state index is 12.8. The molecule has 1 saturated carbocycles. The minimum atomic E-state index is -0.274. The van der Waals surface area contributed by atoms with Crippen molar-refractivity contribution in [1.82, 2.24) is 9.80 Å². The Morgan fingerprint density at radius 1 is 1.09 bits per heavy atom. The summed E-state index contributed by atoms with van der Waals surface area (Å²) in [5, 5.41) is 9.42. The Hall–Kier alpha value is -0.650. The van der Waals surface area contributed by atoms with E-state index in [1.807, 2.05) is 11.8 Å². The van der Waals surface area contributed by atoms with Crippen LogP contribution in [0.15, 0.2) is 0 Å². The minimum absolute atomic E-state index is 0.162. The fourth-order valence-corrected chi connectivity index (χ4v) is 3.78. The number of piperazine rings is 1. The van der Waals surface area contributed by atoms with Crippen LogP contribution < -0.4 is 0 Å². The first-order valence-corrected chi connectivity index (χ1v) is 9.48. The van der Waals surface area contributed by atoms with Gasteiger partial charge in [-0.1, -0.05) is 33.1 Å². The van der Waals surface area contributed by atoms with Gasteiger partial charge in [0.2, 0.25) is 0 Å². The van der Waals surface area contributed by atoms with E-state index in [4.69, 9.17) is 4.74 Å². The van der Waals surface area contributed by atoms with Crippen molar-refractivity contribution in [3.8, 4) is 0 Å². The summed E-state index contributed by atoms with van der Waals surface area (Å²) < 4.78 is 6.13. The third-order valence-corrected chi connectivity index (χ3v) is 5.38.